The molecule has 2 aromatic rings. The summed E-state index contributed by atoms with van der Waals surface area (Å²) >= 11 is 0. The lowest BCUT2D eigenvalue weighted by atomic mass is 9.50. The Balaban J connectivity index is 1.10. The average Bonchev–Trinajstić information content (AvgIpc) is 3.82. The highest BCUT2D eigenvalue weighted by Gasteiger charge is 2.67. The molecular weight excluding hydrogens is 588 g/mol. The standard InChI is InChI=1S/C40H54N2O5/c1-3-4-22-42(36(45)16-12-7-5-6-9-13-28-14-10-8-11-15-28)32-20-19-31-33-24-30-34(44)25-35(46-27(2)43)38-37(30)40(31,39(32)47-38)21-23-41(33)26-29-17-18-29/h8,10-11,14-15,25,29,31-33,39,44H,3-7,9,12-13,16-24,26H2,1-2H3/t31-,32+,33+,39-,40-/m0/s1. The second-order valence-electron chi connectivity index (χ2n) is 15.2. The maximum absolute atomic E-state index is 14.1. The van der Waals surface area contributed by atoms with Gasteiger partial charge in [0.25, 0.3) is 0 Å². The van der Waals surface area contributed by atoms with Crippen LogP contribution in [0.4, 0.5) is 0 Å². The van der Waals surface area contributed by atoms with E-state index in [4.69, 9.17) is 9.47 Å². The van der Waals surface area contributed by atoms with Gasteiger partial charge in [0.15, 0.2) is 11.5 Å². The number of amides is 1. The SMILES string of the molecule is CCCCN(C(=O)CCCCCCCc1ccccc1)[C@@H]1CC[C@H]2[C@H]3Cc4c(O)cc(OC(C)=O)c5c4[C@@]2(CCN3CC2CC2)[C@H]1O5. The molecule has 254 valence electrons. The van der Waals surface area contributed by atoms with Crippen molar-refractivity contribution in [3.05, 3.63) is 53.1 Å². The van der Waals surface area contributed by atoms with Crippen molar-refractivity contribution in [2.75, 3.05) is 19.6 Å². The topological polar surface area (TPSA) is 79.3 Å². The molecule has 2 heterocycles. The first-order valence-corrected chi connectivity index (χ1v) is 18.7. The third-order valence-electron chi connectivity index (χ3n) is 12.1. The van der Waals surface area contributed by atoms with Crippen LogP contribution in [0.3, 0.4) is 0 Å². The summed E-state index contributed by atoms with van der Waals surface area (Å²) in [4.78, 5) is 31.2. The lowest BCUT2D eigenvalue weighted by molar-refractivity contribution is -0.143. The zero-order chi connectivity index (χ0) is 32.5. The van der Waals surface area contributed by atoms with Crippen molar-refractivity contribution in [3.63, 3.8) is 0 Å². The summed E-state index contributed by atoms with van der Waals surface area (Å²) in [5, 5.41) is 11.4. The van der Waals surface area contributed by atoms with Crippen LogP contribution in [-0.2, 0) is 27.8 Å². The molecule has 7 nitrogen and oxygen atoms in total. The van der Waals surface area contributed by atoms with E-state index in [9.17, 15) is 14.7 Å². The highest BCUT2D eigenvalue weighted by atomic mass is 16.6. The number of hydrogen-bond acceptors (Lipinski definition) is 6. The number of unbranched alkanes of at least 4 members (excludes halogenated alkanes) is 5. The van der Waals surface area contributed by atoms with E-state index in [1.165, 1.54) is 38.2 Å². The number of aromatic hydroxyl groups is 1. The number of rotatable bonds is 15. The number of phenolic OH excluding ortho intramolecular Hbond substituents is 1. The number of esters is 1. The van der Waals surface area contributed by atoms with Crippen molar-refractivity contribution in [2.45, 2.75) is 134 Å². The molecule has 2 bridgehead atoms. The Morgan fingerprint density at radius 3 is 2.60 bits per heavy atom. The van der Waals surface area contributed by atoms with E-state index < -0.39 is 5.97 Å². The van der Waals surface area contributed by atoms with Gasteiger partial charge in [0, 0.05) is 55.1 Å². The Bertz CT molecular complexity index is 1440. The monoisotopic (exact) mass is 642 g/mol. The summed E-state index contributed by atoms with van der Waals surface area (Å²) in [7, 11) is 0. The van der Waals surface area contributed by atoms with Gasteiger partial charge in [-0.25, -0.2) is 0 Å². The number of benzene rings is 2. The molecular formula is C40H54N2O5. The molecule has 0 radical (unpaired) electrons. The van der Waals surface area contributed by atoms with E-state index >= 15 is 0 Å². The Labute approximate surface area is 281 Å². The lowest BCUT2D eigenvalue weighted by Gasteiger charge is -2.60. The zero-order valence-corrected chi connectivity index (χ0v) is 28.6. The van der Waals surface area contributed by atoms with Gasteiger partial charge in [-0.05, 0) is 88.2 Å². The summed E-state index contributed by atoms with van der Waals surface area (Å²) in [6.45, 7) is 6.50. The number of piperidine rings is 1. The third-order valence-corrected chi connectivity index (χ3v) is 12.1. The predicted molar refractivity (Wildman–Crippen MR) is 183 cm³/mol. The van der Waals surface area contributed by atoms with E-state index in [-0.39, 0.29) is 29.2 Å². The van der Waals surface area contributed by atoms with Gasteiger partial charge >= 0.3 is 5.97 Å². The second-order valence-corrected chi connectivity index (χ2v) is 15.2. The van der Waals surface area contributed by atoms with Crippen LogP contribution >= 0.6 is 0 Å². The van der Waals surface area contributed by atoms with E-state index in [0.29, 0.717) is 29.9 Å². The molecule has 1 saturated heterocycles. The van der Waals surface area contributed by atoms with E-state index in [1.807, 2.05) is 0 Å². The van der Waals surface area contributed by atoms with Gasteiger partial charge in [0.2, 0.25) is 5.91 Å². The number of hydrogen-bond donors (Lipinski definition) is 1. The molecule has 7 rings (SSSR count). The van der Waals surface area contributed by atoms with Gasteiger partial charge in [-0.3, -0.25) is 14.5 Å². The van der Waals surface area contributed by atoms with Crippen molar-refractivity contribution in [3.8, 4) is 17.2 Å². The lowest BCUT2D eigenvalue weighted by Crippen LogP contribution is -2.69. The van der Waals surface area contributed by atoms with Crippen LogP contribution in [0.15, 0.2) is 36.4 Å². The van der Waals surface area contributed by atoms with Crippen molar-refractivity contribution in [1.29, 1.82) is 0 Å². The fourth-order valence-corrected chi connectivity index (χ4v) is 9.79. The van der Waals surface area contributed by atoms with Crippen molar-refractivity contribution < 1.29 is 24.2 Å². The maximum Gasteiger partial charge on any atom is 0.308 e. The largest absolute Gasteiger partial charge is 0.508 e. The summed E-state index contributed by atoms with van der Waals surface area (Å²) in [6.07, 6.45) is 15.4. The van der Waals surface area contributed by atoms with Crippen LogP contribution in [-0.4, -0.2) is 64.6 Å². The van der Waals surface area contributed by atoms with Crippen LogP contribution in [0.25, 0.3) is 0 Å². The molecule has 2 aliphatic heterocycles. The molecule has 47 heavy (non-hydrogen) atoms. The summed E-state index contributed by atoms with van der Waals surface area (Å²) in [5.41, 5.74) is 3.17. The molecule has 0 aromatic heterocycles. The molecule has 5 aliphatic rings. The Morgan fingerprint density at radius 1 is 1.04 bits per heavy atom. The quantitative estimate of drug-likeness (QED) is 0.124. The number of ether oxygens (including phenoxy) is 2. The fourth-order valence-electron chi connectivity index (χ4n) is 9.79. The molecule has 1 amide bonds. The minimum Gasteiger partial charge on any atom is -0.508 e. The number of phenols is 1. The first kappa shape index (κ1) is 32.5. The smallest absolute Gasteiger partial charge is 0.308 e. The Kier molecular flexibility index (Phi) is 9.55. The fraction of sp³-hybridized carbons (Fsp3) is 0.650. The van der Waals surface area contributed by atoms with Crippen LogP contribution in [0, 0.1) is 11.8 Å². The molecule has 7 heteroatoms. The minimum atomic E-state index is -0.419. The second kappa shape index (κ2) is 13.8. The zero-order valence-electron chi connectivity index (χ0n) is 28.6. The molecule has 3 aliphatic carbocycles. The summed E-state index contributed by atoms with van der Waals surface area (Å²) < 4.78 is 12.7. The van der Waals surface area contributed by atoms with Crippen molar-refractivity contribution in [1.82, 2.24) is 9.80 Å². The third kappa shape index (κ3) is 6.29. The molecule has 2 aromatic carbocycles. The van der Waals surface area contributed by atoms with Gasteiger partial charge in [0.05, 0.1) is 6.04 Å². The van der Waals surface area contributed by atoms with Crippen LogP contribution in [0.2, 0.25) is 0 Å². The number of carbonyl (C=O) groups is 2. The number of aryl methyl sites for hydroxylation is 1. The van der Waals surface area contributed by atoms with Gasteiger partial charge in [-0.15, -0.1) is 0 Å². The molecule has 1 spiro atoms. The van der Waals surface area contributed by atoms with E-state index in [0.717, 1.165) is 101 Å². The van der Waals surface area contributed by atoms with Gasteiger partial charge in [-0.1, -0.05) is 62.9 Å². The van der Waals surface area contributed by atoms with Gasteiger partial charge in [0.1, 0.15) is 11.9 Å². The minimum absolute atomic E-state index is 0.0301. The molecule has 0 unspecified atom stereocenters. The average molecular weight is 643 g/mol. The van der Waals surface area contributed by atoms with Crippen molar-refractivity contribution in [2.24, 2.45) is 11.8 Å². The highest BCUT2D eigenvalue weighted by molar-refractivity contribution is 5.77. The van der Waals surface area contributed by atoms with Crippen molar-refractivity contribution >= 4 is 11.9 Å². The molecule has 1 N–H and O–H groups in total. The molecule has 5 atom stereocenters. The normalized spacial score (nSPS) is 27.2. The number of nitrogens with zero attached hydrogens (tertiary/aromatic N) is 2. The predicted octanol–water partition coefficient (Wildman–Crippen LogP) is 7.35. The van der Waals surface area contributed by atoms with Gasteiger partial charge in [-0.2, -0.15) is 0 Å². The number of carbonyl (C=O) groups excluding carboxylic acids is 2. The van der Waals surface area contributed by atoms with Crippen LogP contribution in [0.5, 0.6) is 17.2 Å². The highest BCUT2D eigenvalue weighted by Crippen LogP contribution is 2.66. The molecule has 2 saturated carbocycles. The summed E-state index contributed by atoms with van der Waals surface area (Å²) in [5.74, 6) is 2.22. The summed E-state index contributed by atoms with van der Waals surface area (Å²) in [6, 6.07) is 12.6. The first-order valence-electron chi connectivity index (χ1n) is 18.7. The maximum atomic E-state index is 14.1. The van der Waals surface area contributed by atoms with Crippen LogP contribution < -0.4 is 9.47 Å². The van der Waals surface area contributed by atoms with Gasteiger partial charge < -0.3 is 19.5 Å². The van der Waals surface area contributed by atoms with Crippen LogP contribution in [0.1, 0.15) is 114 Å². The first-order chi connectivity index (χ1) is 22.9. The Hall–Kier alpha value is -3.06. The number of likely N-dealkylation sites (tertiary alicyclic amines) is 1. The Morgan fingerprint density at radius 2 is 1.83 bits per heavy atom. The van der Waals surface area contributed by atoms with E-state index in [1.54, 1.807) is 6.07 Å². The van der Waals surface area contributed by atoms with E-state index in [2.05, 4.69) is 47.1 Å². The molecule has 3 fully saturated rings.